The molecule has 0 unspecified atom stereocenters. The lowest BCUT2D eigenvalue weighted by molar-refractivity contribution is -0.129. The van der Waals surface area contributed by atoms with Gasteiger partial charge in [0.05, 0.1) is 0 Å². The van der Waals surface area contributed by atoms with Crippen molar-refractivity contribution < 1.29 is 14.3 Å². The molecule has 138 valence electrons. The quantitative estimate of drug-likeness (QED) is 0.779. The minimum Gasteiger partial charge on any atom is -0.448 e. The Labute approximate surface area is 157 Å². The fourth-order valence-corrected chi connectivity index (χ4v) is 3.84. The molecular formula is C20H24N2O3S. The number of hydrogen-bond donors (Lipinski definition) is 1. The van der Waals surface area contributed by atoms with E-state index in [-0.39, 0.29) is 17.6 Å². The van der Waals surface area contributed by atoms with Crippen LogP contribution in [0.15, 0.2) is 29.6 Å². The Balaban J connectivity index is 1.59. The third-order valence-corrected chi connectivity index (χ3v) is 5.57. The number of nitrogens with zero attached hydrogens (tertiary/aromatic N) is 1. The van der Waals surface area contributed by atoms with Gasteiger partial charge in [-0.2, -0.15) is 0 Å². The Hall–Kier alpha value is -2.21. The number of aromatic nitrogens is 1. The molecule has 1 fully saturated rings. The highest BCUT2D eigenvalue weighted by atomic mass is 32.1. The molecule has 1 N–H and O–H groups in total. The molecule has 1 aromatic heterocycles. The molecule has 0 aliphatic heterocycles. The molecule has 1 heterocycles. The van der Waals surface area contributed by atoms with Crippen LogP contribution < -0.4 is 5.32 Å². The summed E-state index contributed by atoms with van der Waals surface area (Å²) >= 11 is 1.39. The zero-order valence-corrected chi connectivity index (χ0v) is 16.0. The molecule has 3 rings (SSSR count). The topological polar surface area (TPSA) is 68.3 Å². The van der Waals surface area contributed by atoms with Crippen LogP contribution in [0.3, 0.4) is 0 Å². The third-order valence-electron chi connectivity index (χ3n) is 4.68. The Bertz CT molecular complexity index is 764. The smallest absolute Gasteiger partial charge is 0.358 e. The fourth-order valence-electron chi connectivity index (χ4n) is 3.05. The lowest BCUT2D eigenvalue weighted by Gasteiger charge is -2.16. The summed E-state index contributed by atoms with van der Waals surface area (Å²) in [6.07, 6.45) is 4.44. The zero-order valence-electron chi connectivity index (χ0n) is 15.2. The van der Waals surface area contributed by atoms with E-state index in [0.29, 0.717) is 0 Å². The molecular weight excluding hydrogens is 348 g/mol. The normalized spacial score (nSPS) is 15.6. The summed E-state index contributed by atoms with van der Waals surface area (Å²) in [4.78, 5) is 28.8. The summed E-state index contributed by atoms with van der Waals surface area (Å²) in [7, 11) is 0. The summed E-state index contributed by atoms with van der Waals surface area (Å²) < 4.78 is 5.29. The summed E-state index contributed by atoms with van der Waals surface area (Å²) in [6.45, 7) is 3.70. The van der Waals surface area contributed by atoms with Crippen LogP contribution >= 0.6 is 11.3 Å². The van der Waals surface area contributed by atoms with Crippen molar-refractivity contribution in [2.75, 3.05) is 0 Å². The van der Waals surface area contributed by atoms with Crippen LogP contribution in [0.2, 0.25) is 0 Å². The van der Waals surface area contributed by atoms with Crippen molar-refractivity contribution >= 4 is 23.2 Å². The van der Waals surface area contributed by atoms with Gasteiger partial charge >= 0.3 is 5.97 Å². The number of rotatable bonds is 6. The number of nitrogens with one attached hydrogen (secondary N) is 1. The van der Waals surface area contributed by atoms with Crippen molar-refractivity contribution in [3.63, 3.8) is 0 Å². The molecule has 6 heteroatoms. The first-order valence-electron chi connectivity index (χ1n) is 9.13. The number of hydrogen-bond acceptors (Lipinski definition) is 5. The Morgan fingerprint density at radius 1 is 1.27 bits per heavy atom. The first kappa shape index (κ1) is 18.6. The second-order valence-corrected chi connectivity index (χ2v) is 7.48. The lowest BCUT2D eigenvalue weighted by atomic mass is 10.1. The number of esters is 1. The van der Waals surface area contributed by atoms with Crippen molar-refractivity contribution in [3.05, 3.63) is 40.9 Å². The molecule has 1 aliphatic carbocycles. The molecule has 1 amide bonds. The number of thiazole rings is 1. The van der Waals surface area contributed by atoms with Crippen molar-refractivity contribution in [2.24, 2.45) is 0 Å². The molecule has 0 bridgehead atoms. The van der Waals surface area contributed by atoms with Gasteiger partial charge in [0.25, 0.3) is 5.91 Å². The predicted octanol–water partition coefficient (Wildman–Crippen LogP) is 3.98. The van der Waals surface area contributed by atoms with E-state index in [1.165, 1.54) is 16.9 Å². The average molecular weight is 372 g/mol. The van der Waals surface area contributed by atoms with E-state index < -0.39 is 12.1 Å². The van der Waals surface area contributed by atoms with Gasteiger partial charge in [0.2, 0.25) is 0 Å². The SMILES string of the molecule is CCc1ccc(-c2nc(C(=O)O[C@@H](C)C(=O)NC3CCCC3)cs2)cc1. The summed E-state index contributed by atoms with van der Waals surface area (Å²) in [5.41, 5.74) is 2.47. The second-order valence-electron chi connectivity index (χ2n) is 6.63. The molecule has 5 nitrogen and oxygen atoms in total. The zero-order chi connectivity index (χ0) is 18.5. The maximum absolute atomic E-state index is 12.3. The minimum atomic E-state index is -0.822. The van der Waals surface area contributed by atoms with Crippen LogP contribution in [0.1, 0.15) is 55.6 Å². The van der Waals surface area contributed by atoms with Gasteiger partial charge in [0, 0.05) is 17.0 Å². The summed E-state index contributed by atoms with van der Waals surface area (Å²) in [6, 6.07) is 8.34. The first-order chi connectivity index (χ1) is 12.6. The van der Waals surface area contributed by atoms with Gasteiger partial charge in [-0.05, 0) is 31.7 Å². The van der Waals surface area contributed by atoms with Gasteiger partial charge in [0.1, 0.15) is 5.01 Å². The molecule has 2 aromatic rings. The lowest BCUT2D eigenvalue weighted by Crippen LogP contribution is -2.40. The van der Waals surface area contributed by atoms with Crippen molar-refractivity contribution in [1.29, 1.82) is 0 Å². The van der Waals surface area contributed by atoms with E-state index in [1.54, 1.807) is 12.3 Å². The Morgan fingerprint density at radius 2 is 1.96 bits per heavy atom. The Morgan fingerprint density at radius 3 is 2.62 bits per heavy atom. The van der Waals surface area contributed by atoms with Gasteiger partial charge in [0.15, 0.2) is 11.8 Å². The van der Waals surface area contributed by atoms with Gasteiger partial charge in [-0.3, -0.25) is 4.79 Å². The first-order valence-corrected chi connectivity index (χ1v) is 10.0. The van der Waals surface area contributed by atoms with Gasteiger partial charge in [-0.15, -0.1) is 11.3 Å². The summed E-state index contributed by atoms with van der Waals surface area (Å²) in [5, 5.41) is 5.38. The maximum atomic E-state index is 12.3. The number of aryl methyl sites for hydroxylation is 1. The number of carbonyl (C=O) groups is 2. The fraction of sp³-hybridized carbons (Fsp3) is 0.450. The highest BCUT2D eigenvalue weighted by Gasteiger charge is 2.24. The largest absolute Gasteiger partial charge is 0.448 e. The highest BCUT2D eigenvalue weighted by Crippen LogP contribution is 2.25. The minimum absolute atomic E-state index is 0.209. The van der Waals surface area contributed by atoms with E-state index in [1.807, 2.05) is 12.1 Å². The van der Waals surface area contributed by atoms with E-state index >= 15 is 0 Å². The monoisotopic (exact) mass is 372 g/mol. The number of benzene rings is 1. The van der Waals surface area contributed by atoms with Crippen LogP contribution in [0.5, 0.6) is 0 Å². The number of amides is 1. The number of ether oxygens (including phenoxy) is 1. The van der Waals surface area contributed by atoms with Crippen molar-refractivity contribution in [2.45, 2.75) is 58.1 Å². The molecule has 0 radical (unpaired) electrons. The van der Waals surface area contributed by atoms with E-state index in [4.69, 9.17) is 4.74 Å². The molecule has 1 saturated carbocycles. The molecule has 0 saturated heterocycles. The summed E-state index contributed by atoms with van der Waals surface area (Å²) in [5.74, 6) is -0.803. The predicted molar refractivity (Wildman–Crippen MR) is 102 cm³/mol. The standard InChI is InChI=1S/C20H24N2O3S/c1-3-14-8-10-15(11-9-14)19-22-17(12-26-19)20(24)25-13(2)18(23)21-16-6-4-5-7-16/h8-13,16H,3-7H2,1-2H3,(H,21,23)/t13-/m0/s1. The highest BCUT2D eigenvalue weighted by molar-refractivity contribution is 7.13. The van der Waals surface area contributed by atoms with Crippen LogP contribution in [0, 0.1) is 0 Å². The van der Waals surface area contributed by atoms with Crippen LogP contribution in [-0.4, -0.2) is 29.0 Å². The third kappa shape index (κ3) is 4.49. The van der Waals surface area contributed by atoms with Gasteiger partial charge in [-0.25, -0.2) is 9.78 Å². The van der Waals surface area contributed by atoms with Crippen molar-refractivity contribution in [1.82, 2.24) is 10.3 Å². The maximum Gasteiger partial charge on any atom is 0.358 e. The van der Waals surface area contributed by atoms with Crippen molar-refractivity contribution in [3.8, 4) is 10.6 Å². The molecule has 1 aromatic carbocycles. The molecule has 0 spiro atoms. The van der Waals surface area contributed by atoms with Crippen LogP contribution in [-0.2, 0) is 16.0 Å². The second kappa shape index (κ2) is 8.45. The molecule has 1 aliphatic rings. The Kier molecular flexibility index (Phi) is 6.04. The average Bonchev–Trinajstić information content (AvgIpc) is 3.33. The molecule has 26 heavy (non-hydrogen) atoms. The van der Waals surface area contributed by atoms with E-state index in [9.17, 15) is 9.59 Å². The van der Waals surface area contributed by atoms with E-state index in [0.717, 1.165) is 42.7 Å². The van der Waals surface area contributed by atoms with Gasteiger partial charge < -0.3 is 10.1 Å². The number of carbonyl (C=O) groups excluding carboxylic acids is 2. The molecule has 1 atom stereocenters. The van der Waals surface area contributed by atoms with Gasteiger partial charge in [-0.1, -0.05) is 44.0 Å². The van der Waals surface area contributed by atoms with Crippen LogP contribution in [0.25, 0.3) is 10.6 Å². The van der Waals surface area contributed by atoms with Crippen LogP contribution in [0.4, 0.5) is 0 Å². The van der Waals surface area contributed by atoms with E-state index in [2.05, 4.69) is 29.4 Å².